The average Bonchev–Trinajstić information content (AvgIpc) is 3.17. The van der Waals surface area contributed by atoms with E-state index in [4.69, 9.17) is 0 Å². The first-order valence-electron chi connectivity index (χ1n) is 8.96. The molecule has 0 bridgehead atoms. The Labute approximate surface area is 171 Å². The van der Waals surface area contributed by atoms with E-state index in [-0.39, 0.29) is 11.7 Å². The predicted molar refractivity (Wildman–Crippen MR) is 115 cm³/mol. The highest BCUT2D eigenvalue weighted by Crippen LogP contribution is 2.23. The minimum Gasteiger partial charge on any atom is -0.508 e. The normalized spacial score (nSPS) is 11.2. The molecule has 4 aromatic rings. The number of carbonyl (C=O) groups is 1. The summed E-state index contributed by atoms with van der Waals surface area (Å²) < 4.78 is 0. The molecule has 0 atom stereocenters. The minimum atomic E-state index is -0.281. The van der Waals surface area contributed by atoms with Crippen molar-refractivity contribution in [1.82, 2.24) is 15.4 Å². The highest BCUT2D eigenvalue weighted by atomic mass is 32.2. The SMILES string of the molecule is O=C(NN=Cc1ccc(O)cc1)c1ccc(CSc2nc3ccccc3[nH]2)cc1. The molecular formula is C22H18N4O2S. The van der Waals surface area contributed by atoms with Gasteiger partial charge in [0.25, 0.3) is 5.91 Å². The molecule has 0 aliphatic carbocycles. The molecule has 0 aliphatic rings. The Morgan fingerprint density at radius 3 is 2.59 bits per heavy atom. The van der Waals surface area contributed by atoms with Gasteiger partial charge in [-0.15, -0.1) is 0 Å². The van der Waals surface area contributed by atoms with Gasteiger partial charge < -0.3 is 10.1 Å². The molecule has 6 nitrogen and oxygen atoms in total. The highest BCUT2D eigenvalue weighted by Gasteiger charge is 2.06. The van der Waals surface area contributed by atoms with Crippen LogP contribution < -0.4 is 5.43 Å². The Kier molecular flexibility index (Phi) is 5.58. The van der Waals surface area contributed by atoms with Crippen molar-refractivity contribution in [2.24, 2.45) is 5.10 Å². The number of nitrogens with one attached hydrogen (secondary N) is 2. The topological polar surface area (TPSA) is 90.4 Å². The number of hydrogen-bond acceptors (Lipinski definition) is 5. The third kappa shape index (κ3) is 4.83. The summed E-state index contributed by atoms with van der Waals surface area (Å²) in [7, 11) is 0. The van der Waals surface area contributed by atoms with Gasteiger partial charge in [0.05, 0.1) is 17.2 Å². The van der Waals surface area contributed by atoms with Crippen LogP contribution in [0.2, 0.25) is 0 Å². The number of phenolic OH excluding ortho intramolecular Hbond substituents is 1. The van der Waals surface area contributed by atoms with E-state index in [2.05, 4.69) is 20.5 Å². The zero-order valence-electron chi connectivity index (χ0n) is 15.4. The molecule has 1 aromatic heterocycles. The number of H-pyrrole nitrogens is 1. The van der Waals surface area contributed by atoms with Crippen LogP contribution in [0.5, 0.6) is 5.75 Å². The van der Waals surface area contributed by atoms with Gasteiger partial charge in [-0.25, -0.2) is 10.4 Å². The zero-order valence-corrected chi connectivity index (χ0v) is 16.2. The van der Waals surface area contributed by atoms with E-state index in [1.807, 2.05) is 36.4 Å². The van der Waals surface area contributed by atoms with E-state index in [0.717, 1.165) is 33.1 Å². The lowest BCUT2D eigenvalue weighted by Crippen LogP contribution is -2.17. The Morgan fingerprint density at radius 2 is 1.83 bits per heavy atom. The number of phenols is 1. The number of aromatic hydroxyl groups is 1. The summed E-state index contributed by atoms with van der Waals surface area (Å²) in [6, 6.07) is 21.9. The molecule has 1 amide bonds. The summed E-state index contributed by atoms with van der Waals surface area (Å²) in [5, 5.41) is 14.1. The van der Waals surface area contributed by atoms with Crippen LogP contribution in [0, 0.1) is 0 Å². The third-order valence-corrected chi connectivity index (χ3v) is 5.18. The Hall–Kier alpha value is -3.58. The molecule has 3 N–H and O–H groups in total. The lowest BCUT2D eigenvalue weighted by Gasteiger charge is -2.03. The standard InChI is InChI=1S/C22H18N4O2S/c27-18-11-7-15(8-12-18)13-23-26-21(28)17-9-5-16(6-10-17)14-29-22-24-19-3-1-2-4-20(19)25-22/h1-13,27H,14H2,(H,24,25)(H,26,28). The lowest BCUT2D eigenvalue weighted by atomic mass is 10.1. The fraction of sp³-hybridized carbons (Fsp3) is 0.0455. The van der Waals surface area contributed by atoms with Crippen molar-refractivity contribution in [2.45, 2.75) is 10.9 Å². The van der Waals surface area contributed by atoms with Gasteiger partial charge in [0.2, 0.25) is 0 Å². The van der Waals surface area contributed by atoms with Crippen LogP contribution in [0.15, 0.2) is 83.1 Å². The molecule has 0 radical (unpaired) electrons. The van der Waals surface area contributed by atoms with E-state index < -0.39 is 0 Å². The van der Waals surface area contributed by atoms with Crippen molar-refractivity contribution in [3.05, 3.63) is 89.5 Å². The quantitative estimate of drug-likeness (QED) is 0.254. The molecule has 0 saturated heterocycles. The van der Waals surface area contributed by atoms with Crippen molar-refractivity contribution in [1.29, 1.82) is 0 Å². The van der Waals surface area contributed by atoms with Gasteiger partial charge in [-0.1, -0.05) is 36.0 Å². The second-order valence-corrected chi connectivity index (χ2v) is 7.30. The first-order chi connectivity index (χ1) is 14.2. The van der Waals surface area contributed by atoms with E-state index >= 15 is 0 Å². The number of thioether (sulfide) groups is 1. The van der Waals surface area contributed by atoms with E-state index in [1.165, 1.54) is 6.21 Å². The van der Waals surface area contributed by atoms with Crippen molar-refractivity contribution in [3.8, 4) is 5.75 Å². The predicted octanol–water partition coefficient (Wildman–Crippen LogP) is 4.32. The number of hydrogen-bond donors (Lipinski definition) is 3. The maximum absolute atomic E-state index is 12.2. The van der Waals surface area contributed by atoms with Gasteiger partial charge in [0, 0.05) is 11.3 Å². The fourth-order valence-electron chi connectivity index (χ4n) is 2.69. The number of hydrazone groups is 1. The maximum atomic E-state index is 12.2. The van der Waals surface area contributed by atoms with Gasteiger partial charge in [-0.05, 0) is 59.7 Å². The number of aromatic nitrogens is 2. The number of amides is 1. The van der Waals surface area contributed by atoms with Crippen LogP contribution in [0.3, 0.4) is 0 Å². The number of fused-ring (bicyclic) bond motifs is 1. The van der Waals surface area contributed by atoms with Crippen LogP contribution in [0.1, 0.15) is 21.5 Å². The summed E-state index contributed by atoms with van der Waals surface area (Å²) >= 11 is 1.62. The highest BCUT2D eigenvalue weighted by molar-refractivity contribution is 7.98. The number of imidazole rings is 1. The first-order valence-corrected chi connectivity index (χ1v) is 9.95. The van der Waals surface area contributed by atoms with Gasteiger partial charge >= 0.3 is 0 Å². The van der Waals surface area contributed by atoms with Gasteiger partial charge in [-0.2, -0.15) is 5.10 Å². The van der Waals surface area contributed by atoms with Crippen LogP contribution in [0.4, 0.5) is 0 Å². The van der Waals surface area contributed by atoms with Crippen molar-refractivity contribution >= 4 is 34.9 Å². The molecule has 0 fully saturated rings. The van der Waals surface area contributed by atoms with E-state index in [1.54, 1.807) is 48.2 Å². The summed E-state index contributed by atoms with van der Waals surface area (Å²) in [5.74, 6) is 0.655. The molecule has 0 spiro atoms. The number of benzene rings is 3. The summed E-state index contributed by atoms with van der Waals surface area (Å²) in [6.45, 7) is 0. The molecule has 3 aromatic carbocycles. The monoisotopic (exact) mass is 402 g/mol. The number of aromatic amines is 1. The van der Waals surface area contributed by atoms with Crippen LogP contribution in [-0.4, -0.2) is 27.2 Å². The van der Waals surface area contributed by atoms with Crippen molar-refractivity contribution < 1.29 is 9.90 Å². The minimum absolute atomic E-state index is 0.185. The van der Waals surface area contributed by atoms with Gasteiger partial charge in [0.15, 0.2) is 5.16 Å². The molecule has 0 unspecified atom stereocenters. The third-order valence-electron chi connectivity index (χ3n) is 4.23. The zero-order chi connectivity index (χ0) is 20.1. The summed E-state index contributed by atoms with van der Waals surface area (Å²) in [4.78, 5) is 20.0. The average molecular weight is 402 g/mol. The Morgan fingerprint density at radius 1 is 1.07 bits per heavy atom. The second-order valence-electron chi connectivity index (χ2n) is 6.34. The smallest absolute Gasteiger partial charge is 0.271 e. The molecular weight excluding hydrogens is 384 g/mol. The molecule has 4 rings (SSSR count). The maximum Gasteiger partial charge on any atom is 0.271 e. The number of para-hydroxylation sites is 2. The van der Waals surface area contributed by atoms with E-state index in [9.17, 15) is 9.90 Å². The summed E-state index contributed by atoms with van der Waals surface area (Å²) in [6.07, 6.45) is 1.52. The lowest BCUT2D eigenvalue weighted by molar-refractivity contribution is 0.0955. The van der Waals surface area contributed by atoms with Crippen LogP contribution in [0.25, 0.3) is 11.0 Å². The molecule has 7 heteroatoms. The molecule has 29 heavy (non-hydrogen) atoms. The van der Waals surface area contributed by atoms with Crippen LogP contribution >= 0.6 is 11.8 Å². The Bertz CT molecular complexity index is 1120. The molecule has 144 valence electrons. The van der Waals surface area contributed by atoms with Crippen molar-refractivity contribution in [2.75, 3.05) is 0 Å². The van der Waals surface area contributed by atoms with Gasteiger partial charge in [0.1, 0.15) is 5.75 Å². The Balaban J connectivity index is 1.32. The number of rotatable bonds is 6. The molecule has 1 heterocycles. The first kappa shape index (κ1) is 18.8. The second kappa shape index (κ2) is 8.62. The fourth-order valence-corrected chi connectivity index (χ4v) is 3.53. The van der Waals surface area contributed by atoms with Gasteiger partial charge in [-0.3, -0.25) is 4.79 Å². The molecule has 0 aliphatic heterocycles. The summed E-state index contributed by atoms with van der Waals surface area (Å²) in [5.41, 5.74) is 6.89. The number of nitrogens with zero attached hydrogens (tertiary/aromatic N) is 2. The van der Waals surface area contributed by atoms with Crippen LogP contribution in [-0.2, 0) is 5.75 Å². The van der Waals surface area contributed by atoms with E-state index in [0.29, 0.717) is 5.56 Å². The number of carbonyl (C=O) groups excluding carboxylic acids is 1. The molecule has 0 saturated carbocycles. The largest absolute Gasteiger partial charge is 0.508 e. The van der Waals surface area contributed by atoms with Crippen molar-refractivity contribution in [3.63, 3.8) is 0 Å².